The number of thiazole rings is 1. The summed E-state index contributed by atoms with van der Waals surface area (Å²) in [5, 5.41) is 7.82. The van der Waals surface area contributed by atoms with Gasteiger partial charge in [0.2, 0.25) is 0 Å². The lowest BCUT2D eigenvalue weighted by atomic mass is 10.2. The summed E-state index contributed by atoms with van der Waals surface area (Å²) < 4.78 is 1.88. The van der Waals surface area contributed by atoms with Crippen LogP contribution < -0.4 is 5.32 Å². The van der Waals surface area contributed by atoms with Crippen LogP contribution in [0.1, 0.15) is 23.1 Å². The Morgan fingerprint density at radius 1 is 1.44 bits per heavy atom. The average Bonchev–Trinajstić information content (AvgIpc) is 2.88. The van der Waals surface area contributed by atoms with Gasteiger partial charge in [0.05, 0.1) is 11.2 Å². The first-order valence-corrected chi connectivity index (χ1v) is 6.27. The molecule has 0 amide bonds. The number of nitrogens with one attached hydrogen (secondary N) is 1. The second-order valence-corrected chi connectivity index (χ2v) is 4.67. The predicted octanol–water partition coefficient (Wildman–Crippen LogP) is 1.73. The highest BCUT2D eigenvalue weighted by molar-refractivity contribution is 7.09. The van der Waals surface area contributed by atoms with E-state index < -0.39 is 0 Å². The van der Waals surface area contributed by atoms with Crippen molar-refractivity contribution in [2.75, 3.05) is 0 Å². The molecule has 1 N–H and O–H groups in total. The summed E-state index contributed by atoms with van der Waals surface area (Å²) >= 11 is 1.68. The van der Waals surface area contributed by atoms with E-state index in [1.165, 1.54) is 16.1 Å². The molecule has 0 bridgehead atoms. The number of rotatable bonds is 5. The molecule has 0 unspecified atom stereocenters. The van der Waals surface area contributed by atoms with Gasteiger partial charge in [0.15, 0.2) is 0 Å². The first-order valence-electron chi connectivity index (χ1n) is 5.39. The maximum Gasteiger partial charge on any atom is 0.0794 e. The van der Waals surface area contributed by atoms with Crippen LogP contribution in [0.2, 0.25) is 0 Å². The Balaban J connectivity index is 1.89. The lowest BCUT2D eigenvalue weighted by Crippen LogP contribution is -2.12. The average molecular weight is 236 g/mol. The van der Waals surface area contributed by atoms with Gasteiger partial charge in [-0.15, -0.1) is 11.3 Å². The number of hydrogen-bond acceptors (Lipinski definition) is 4. The lowest BCUT2D eigenvalue weighted by molar-refractivity contribution is 0.694. The SMILES string of the molecule is CCc1nn(C)cc1CNCc1cncs1. The van der Waals surface area contributed by atoms with E-state index in [-0.39, 0.29) is 0 Å². The Labute approximate surface area is 99.3 Å². The van der Waals surface area contributed by atoms with Gasteiger partial charge in [-0.1, -0.05) is 6.92 Å². The molecule has 0 aliphatic carbocycles. The molecule has 0 saturated carbocycles. The minimum Gasteiger partial charge on any atom is -0.308 e. The fraction of sp³-hybridized carbons (Fsp3) is 0.455. The molecular weight excluding hydrogens is 220 g/mol. The van der Waals surface area contributed by atoms with Crippen LogP contribution in [0.15, 0.2) is 17.9 Å². The maximum atomic E-state index is 4.41. The summed E-state index contributed by atoms with van der Waals surface area (Å²) in [7, 11) is 1.96. The van der Waals surface area contributed by atoms with Gasteiger partial charge in [0.25, 0.3) is 0 Å². The van der Waals surface area contributed by atoms with E-state index >= 15 is 0 Å². The summed E-state index contributed by atoms with van der Waals surface area (Å²) in [6.45, 7) is 3.88. The lowest BCUT2D eigenvalue weighted by Gasteiger charge is -2.01. The molecule has 86 valence electrons. The second kappa shape index (κ2) is 5.23. The highest BCUT2D eigenvalue weighted by Crippen LogP contribution is 2.08. The van der Waals surface area contributed by atoms with E-state index in [1.54, 1.807) is 11.3 Å². The molecule has 0 atom stereocenters. The Morgan fingerprint density at radius 3 is 3.00 bits per heavy atom. The molecule has 4 nitrogen and oxygen atoms in total. The van der Waals surface area contributed by atoms with Crippen LogP contribution in [0.25, 0.3) is 0 Å². The molecule has 0 saturated heterocycles. The van der Waals surface area contributed by atoms with E-state index in [9.17, 15) is 0 Å². The van der Waals surface area contributed by atoms with Gasteiger partial charge in [-0.25, -0.2) is 0 Å². The van der Waals surface area contributed by atoms with Crippen LogP contribution in [0, 0.1) is 0 Å². The zero-order valence-corrected chi connectivity index (χ0v) is 10.4. The van der Waals surface area contributed by atoms with Crippen molar-refractivity contribution >= 4 is 11.3 Å². The van der Waals surface area contributed by atoms with E-state index in [4.69, 9.17) is 0 Å². The molecule has 0 aliphatic rings. The van der Waals surface area contributed by atoms with E-state index in [2.05, 4.69) is 28.5 Å². The van der Waals surface area contributed by atoms with Crippen molar-refractivity contribution in [3.63, 3.8) is 0 Å². The first kappa shape index (κ1) is 11.3. The first-order chi connectivity index (χ1) is 7.79. The fourth-order valence-electron chi connectivity index (χ4n) is 1.68. The van der Waals surface area contributed by atoms with Crippen LogP contribution in [0.5, 0.6) is 0 Å². The molecular formula is C11H16N4S. The second-order valence-electron chi connectivity index (χ2n) is 3.70. The van der Waals surface area contributed by atoms with Crippen molar-refractivity contribution in [1.82, 2.24) is 20.1 Å². The Morgan fingerprint density at radius 2 is 2.31 bits per heavy atom. The van der Waals surface area contributed by atoms with E-state index in [1.807, 2.05) is 23.4 Å². The van der Waals surface area contributed by atoms with Gasteiger partial charge in [0, 0.05) is 43.0 Å². The Bertz CT molecular complexity index is 433. The summed E-state index contributed by atoms with van der Waals surface area (Å²) in [5.74, 6) is 0. The van der Waals surface area contributed by atoms with Crippen LogP contribution in [0.4, 0.5) is 0 Å². The molecule has 2 heterocycles. The molecule has 2 aromatic rings. The molecule has 5 heteroatoms. The standard InChI is InChI=1S/C11H16N4S/c1-3-11-9(7-15(2)14-11)4-12-5-10-6-13-8-16-10/h6-8,12H,3-5H2,1-2H3. The zero-order valence-electron chi connectivity index (χ0n) is 9.60. The largest absolute Gasteiger partial charge is 0.308 e. The summed E-state index contributed by atoms with van der Waals surface area (Å²) in [6, 6.07) is 0. The van der Waals surface area contributed by atoms with Crippen LogP contribution in [-0.4, -0.2) is 14.8 Å². The van der Waals surface area contributed by atoms with Crippen molar-refractivity contribution in [2.45, 2.75) is 26.4 Å². The van der Waals surface area contributed by atoms with Gasteiger partial charge in [0.1, 0.15) is 0 Å². The van der Waals surface area contributed by atoms with Crippen molar-refractivity contribution in [1.29, 1.82) is 0 Å². The summed E-state index contributed by atoms with van der Waals surface area (Å²) in [4.78, 5) is 5.31. The highest BCUT2D eigenvalue weighted by Gasteiger charge is 2.05. The fourth-order valence-corrected chi connectivity index (χ4v) is 2.24. The zero-order chi connectivity index (χ0) is 11.4. The quantitative estimate of drug-likeness (QED) is 0.859. The van der Waals surface area contributed by atoms with Gasteiger partial charge >= 0.3 is 0 Å². The molecule has 0 aromatic carbocycles. The van der Waals surface area contributed by atoms with Crippen LogP contribution in [0.3, 0.4) is 0 Å². The van der Waals surface area contributed by atoms with Gasteiger partial charge in [-0.05, 0) is 6.42 Å². The number of nitrogens with zero attached hydrogens (tertiary/aromatic N) is 3. The molecule has 2 rings (SSSR count). The molecule has 0 spiro atoms. The molecule has 0 aliphatic heterocycles. The third kappa shape index (κ3) is 2.68. The van der Waals surface area contributed by atoms with E-state index in [0.29, 0.717) is 0 Å². The number of hydrogen-bond donors (Lipinski definition) is 1. The summed E-state index contributed by atoms with van der Waals surface area (Å²) in [6.07, 6.45) is 4.97. The monoisotopic (exact) mass is 236 g/mol. The van der Waals surface area contributed by atoms with Gasteiger partial charge in [-0.2, -0.15) is 5.10 Å². The van der Waals surface area contributed by atoms with Crippen molar-refractivity contribution in [3.8, 4) is 0 Å². The van der Waals surface area contributed by atoms with E-state index in [0.717, 1.165) is 19.5 Å². The molecule has 16 heavy (non-hydrogen) atoms. The Kier molecular flexibility index (Phi) is 3.69. The number of aryl methyl sites for hydroxylation is 2. The van der Waals surface area contributed by atoms with Gasteiger partial charge < -0.3 is 5.32 Å². The smallest absolute Gasteiger partial charge is 0.0794 e. The maximum absolute atomic E-state index is 4.41. The van der Waals surface area contributed by atoms with Crippen molar-refractivity contribution in [3.05, 3.63) is 34.0 Å². The van der Waals surface area contributed by atoms with Crippen molar-refractivity contribution < 1.29 is 0 Å². The molecule has 2 aromatic heterocycles. The minimum atomic E-state index is 0.870. The van der Waals surface area contributed by atoms with Crippen LogP contribution in [-0.2, 0) is 26.6 Å². The molecule has 0 fully saturated rings. The third-order valence-corrected chi connectivity index (χ3v) is 3.20. The third-order valence-electron chi connectivity index (χ3n) is 2.42. The summed E-state index contributed by atoms with van der Waals surface area (Å²) in [5.41, 5.74) is 4.33. The predicted molar refractivity (Wildman–Crippen MR) is 65.2 cm³/mol. The Hall–Kier alpha value is -1.20. The highest BCUT2D eigenvalue weighted by atomic mass is 32.1. The van der Waals surface area contributed by atoms with Gasteiger partial charge in [-0.3, -0.25) is 9.67 Å². The topological polar surface area (TPSA) is 42.7 Å². The van der Waals surface area contributed by atoms with Crippen LogP contribution >= 0.6 is 11.3 Å². The molecule has 0 radical (unpaired) electrons. The number of aromatic nitrogens is 3. The normalized spacial score (nSPS) is 10.9. The van der Waals surface area contributed by atoms with Crippen molar-refractivity contribution in [2.24, 2.45) is 7.05 Å². The minimum absolute atomic E-state index is 0.870.